The number of halogens is 1. The molecule has 3 rings (SSSR count). The Labute approximate surface area is 150 Å². The second-order valence-electron chi connectivity index (χ2n) is 5.61. The summed E-state index contributed by atoms with van der Waals surface area (Å²) in [4.78, 5) is 24.3. The molecule has 0 radical (unpaired) electrons. The lowest BCUT2D eigenvalue weighted by Gasteiger charge is -2.14. The summed E-state index contributed by atoms with van der Waals surface area (Å²) in [7, 11) is 0. The Morgan fingerprint density at radius 3 is 2.76 bits per heavy atom. The summed E-state index contributed by atoms with van der Waals surface area (Å²) >= 11 is 5.87. The van der Waals surface area contributed by atoms with Gasteiger partial charge in [0.1, 0.15) is 6.04 Å². The van der Waals surface area contributed by atoms with Crippen molar-refractivity contribution in [2.75, 3.05) is 6.79 Å². The molecule has 130 valence electrons. The molecule has 2 aromatic rings. The lowest BCUT2D eigenvalue weighted by Crippen LogP contribution is -2.44. The number of benzene rings is 2. The quantitative estimate of drug-likeness (QED) is 0.859. The largest absolute Gasteiger partial charge is 0.454 e. The number of rotatable bonds is 5. The first-order chi connectivity index (χ1) is 12.0. The van der Waals surface area contributed by atoms with Gasteiger partial charge in [-0.15, -0.1) is 0 Å². The topological polar surface area (TPSA) is 76.7 Å². The van der Waals surface area contributed by atoms with Gasteiger partial charge in [0.25, 0.3) is 5.91 Å². The lowest BCUT2D eigenvalue weighted by molar-refractivity contribution is -0.122. The molecule has 0 aliphatic carbocycles. The van der Waals surface area contributed by atoms with E-state index in [1.807, 2.05) is 12.1 Å². The van der Waals surface area contributed by atoms with Crippen LogP contribution in [0.4, 0.5) is 0 Å². The van der Waals surface area contributed by atoms with Gasteiger partial charge in [-0.25, -0.2) is 0 Å². The fourth-order valence-electron chi connectivity index (χ4n) is 2.37. The first-order valence-corrected chi connectivity index (χ1v) is 8.13. The summed E-state index contributed by atoms with van der Waals surface area (Å²) in [5.41, 5.74) is 1.29. The van der Waals surface area contributed by atoms with Crippen LogP contribution in [0.5, 0.6) is 11.5 Å². The van der Waals surface area contributed by atoms with Crippen molar-refractivity contribution in [3.8, 4) is 11.5 Å². The smallest absolute Gasteiger partial charge is 0.251 e. The van der Waals surface area contributed by atoms with Gasteiger partial charge in [0.05, 0.1) is 0 Å². The molecule has 2 amide bonds. The zero-order valence-corrected chi connectivity index (χ0v) is 14.3. The molecular formula is C18H17ClN2O4. The highest BCUT2D eigenvalue weighted by Gasteiger charge is 2.17. The maximum atomic E-state index is 12.2. The lowest BCUT2D eigenvalue weighted by atomic mass is 10.2. The minimum absolute atomic E-state index is 0.206. The summed E-state index contributed by atoms with van der Waals surface area (Å²) in [5, 5.41) is 5.89. The van der Waals surface area contributed by atoms with Crippen LogP contribution in [0.15, 0.2) is 42.5 Å². The van der Waals surface area contributed by atoms with Crippen molar-refractivity contribution in [2.45, 2.75) is 19.5 Å². The molecule has 2 N–H and O–H groups in total. The van der Waals surface area contributed by atoms with Gasteiger partial charge >= 0.3 is 0 Å². The Hall–Kier alpha value is -2.73. The Balaban J connectivity index is 1.53. The molecule has 0 spiro atoms. The van der Waals surface area contributed by atoms with E-state index in [-0.39, 0.29) is 18.6 Å². The van der Waals surface area contributed by atoms with Gasteiger partial charge in [0, 0.05) is 17.1 Å². The van der Waals surface area contributed by atoms with Crippen molar-refractivity contribution in [1.82, 2.24) is 10.6 Å². The molecule has 1 aliphatic heterocycles. The zero-order chi connectivity index (χ0) is 17.8. The second-order valence-corrected chi connectivity index (χ2v) is 6.05. The van der Waals surface area contributed by atoms with Crippen molar-refractivity contribution in [1.29, 1.82) is 0 Å². The second kappa shape index (κ2) is 7.44. The third kappa shape index (κ3) is 4.22. The predicted octanol–water partition coefficient (Wildman–Crippen LogP) is 2.50. The number of ether oxygens (including phenoxy) is 2. The van der Waals surface area contributed by atoms with E-state index in [1.54, 1.807) is 37.3 Å². The van der Waals surface area contributed by atoms with Crippen LogP contribution in [0.25, 0.3) is 0 Å². The summed E-state index contributed by atoms with van der Waals surface area (Å²) in [5.74, 6) is 0.715. The van der Waals surface area contributed by atoms with Crippen LogP contribution in [-0.4, -0.2) is 24.6 Å². The third-order valence-electron chi connectivity index (χ3n) is 3.73. The SMILES string of the molecule is C[C@H](NC(=O)c1cccc(Cl)c1)C(=O)NCc1ccc2c(c1)OCO2. The van der Waals surface area contributed by atoms with Gasteiger partial charge in [-0.1, -0.05) is 23.7 Å². The van der Waals surface area contributed by atoms with Crippen LogP contribution in [0.2, 0.25) is 5.02 Å². The van der Waals surface area contributed by atoms with E-state index >= 15 is 0 Å². The molecule has 1 heterocycles. The number of carbonyl (C=O) groups excluding carboxylic acids is 2. The van der Waals surface area contributed by atoms with Gasteiger partial charge in [-0.3, -0.25) is 9.59 Å². The number of fused-ring (bicyclic) bond motifs is 1. The summed E-state index contributed by atoms with van der Waals surface area (Å²) in [6, 6.07) is 11.3. The van der Waals surface area contributed by atoms with E-state index in [1.165, 1.54) is 0 Å². The molecule has 1 aliphatic rings. The summed E-state index contributed by atoms with van der Waals surface area (Å²) in [6.07, 6.45) is 0. The minimum Gasteiger partial charge on any atom is -0.454 e. The first kappa shape index (κ1) is 17.1. The molecule has 0 aromatic heterocycles. The van der Waals surface area contributed by atoms with Crippen LogP contribution in [0, 0.1) is 0 Å². The fourth-order valence-corrected chi connectivity index (χ4v) is 2.56. The fraction of sp³-hybridized carbons (Fsp3) is 0.222. The Bertz CT molecular complexity index is 809. The molecule has 0 fully saturated rings. The summed E-state index contributed by atoms with van der Waals surface area (Å²) < 4.78 is 10.5. The van der Waals surface area contributed by atoms with Crippen LogP contribution >= 0.6 is 11.6 Å². The van der Waals surface area contributed by atoms with Crippen molar-refractivity contribution in [3.05, 3.63) is 58.6 Å². The van der Waals surface area contributed by atoms with Crippen LogP contribution in [0.3, 0.4) is 0 Å². The zero-order valence-electron chi connectivity index (χ0n) is 13.5. The van der Waals surface area contributed by atoms with E-state index in [0.29, 0.717) is 28.6 Å². The van der Waals surface area contributed by atoms with Crippen LogP contribution in [0.1, 0.15) is 22.8 Å². The van der Waals surface area contributed by atoms with E-state index in [2.05, 4.69) is 10.6 Å². The highest BCUT2D eigenvalue weighted by Crippen LogP contribution is 2.32. The predicted molar refractivity (Wildman–Crippen MR) is 92.8 cm³/mol. The van der Waals surface area contributed by atoms with Crippen molar-refractivity contribution in [3.63, 3.8) is 0 Å². The number of nitrogens with one attached hydrogen (secondary N) is 2. The van der Waals surface area contributed by atoms with E-state index in [9.17, 15) is 9.59 Å². The molecular weight excluding hydrogens is 344 g/mol. The standard InChI is InChI=1S/C18H17ClN2O4/c1-11(21-18(23)13-3-2-4-14(19)8-13)17(22)20-9-12-5-6-15-16(7-12)25-10-24-15/h2-8,11H,9-10H2,1H3,(H,20,22)(H,21,23)/t11-/m0/s1. The van der Waals surface area contributed by atoms with Crippen molar-refractivity contribution >= 4 is 23.4 Å². The monoisotopic (exact) mass is 360 g/mol. The van der Waals surface area contributed by atoms with E-state index in [0.717, 1.165) is 5.56 Å². The average Bonchev–Trinajstić information content (AvgIpc) is 3.07. The number of carbonyl (C=O) groups is 2. The Morgan fingerprint density at radius 1 is 1.16 bits per heavy atom. The molecule has 0 bridgehead atoms. The first-order valence-electron chi connectivity index (χ1n) is 7.75. The normalized spacial score (nSPS) is 13.2. The number of hydrogen-bond acceptors (Lipinski definition) is 4. The molecule has 0 unspecified atom stereocenters. The molecule has 0 saturated carbocycles. The molecule has 2 aromatic carbocycles. The average molecular weight is 361 g/mol. The van der Waals surface area contributed by atoms with E-state index in [4.69, 9.17) is 21.1 Å². The van der Waals surface area contributed by atoms with Crippen LogP contribution < -0.4 is 20.1 Å². The Morgan fingerprint density at radius 2 is 1.96 bits per heavy atom. The highest BCUT2D eigenvalue weighted by atomic mass is 35.5. The molecule has 6 nitrogen and oxygen atoms in total. The van der Waals surface area contributed by atoms with Crippen LogP contribution in [-0.2, 0) is 11.3 Å². The molecule has 7 heteroatoms. The van der Waals surface area contributed by atoms with E-state index < -0.39 is 6.04 Å². The van der Waals surface area contributed by atoms with Gasteiger partial charge < -0.3 is 20.1 Å². The third-order valence-corrected chi connectivity index (χ3v) is 3.97. The molecule has 25 heavy (non-hydrogen) atoms. The number of hydrogen-bond donors (Lipinski definition) is 2. The molecule has 0 saturated heterocycles. The van der Waals surface area contributed by atoms with Crippen molar-refractivity contribution in [2.24, 2.45) is 0 Å². The highest BCUT2D eigenvalue weighted by molar-refractivity contribution is 6.31. The van der Waals surface area contributed by atoms with Crippen molar-refractivity contribution < 1.29 is 19.1 Å². The number of amides is 2. The summed E-state index contributed by atoms with van der Waals surface area (Å²) in [6.45, 7) is 2.15. The van der Waals surface area contributed by atoms with Gasteiger partial charge in [-0.05, 0) is 42.8 Å². The maximum Gasteiger partial charge on any atom is 0.251 e. The maximum absolute atomic E-state index is 12.2. The van der Waals surface area contributed by atoms with Gasteiger partial charge in [-0.2, -0.15) is 0 Å². The minimum atomic E-state index is -0.680. The van der Waals surface area contributed by atoms with Gasteiger partial charge in [0.15, 0.2) is 11.5 Å². The molecule has 1 atom stereocenters. The Kier molecular flexibility index (Phi) is 5.09. The van der Waals surface area contributed by atoms with Gasteiger partial charge in [0.2, 0.25) is 12.7 Å².